The second-order valence-corrected chi connectivity index (χ2v) is 4.25. The first kappa shape index (κ1) is 11.1. The topological polar surface area (TPSA) is 75.0 Å². The van der Waals surface area contributed by atoms with Gasteiger partial charge in [0.25, 0.3) is 0 Å². The SMILES string of the molecule is NC1CCN(C(=O)CCc2ncc[nH]2)CC1. The summed E-state index contributed by atoms with van der Waals surface area (Å²) < 4.78 is 0. The number of imidazole rings is 1. The average molecular weight is 222 g/mol. The van der Waals surface area contributed by atoms with Crippen molar-refractivity contribution in [2.45, 2.75) is 31.7 Å². The Labute approximate surface area is 95.0 Å². The van der Waals surface area contributed by atoms with E-state index in [1.165, 1.54) is 0 Å². The Morgan fingerprint density at radius 3 is 2.94 bits per heavy atom. The number of hydrogen-bond acceptors (Lipinski definition) is 3. The van der Waals surface area contributed by atoms with Crippen LogP contribution in [0.5, 0.6) is 0 Å². The lowest BCUT2D eigenvalue weighted by molar-refractivity contribution is -0.132. The number of nitrogens with zero attached hydrogens (tertiary/aromatic N) is 2. The van der Waals surface area contributed by atoms with Crippen molar-refractivity contribution >= 4 is 5.91 Å². The molecular weight excluding hydrogens is 204 g/mol. The zero-order valence-electron chi connectivity index (χ0n) is 9.35. The molecule has 1 amide bonds. The number of H-pyrrole nitrogens is 1. The largest absolute Gasteiger partial charge is 0.349 e. The number of aromatic nitrogens is 2. The van der Waals surface area contributed by atoms with E-state index in [1.807, 2.05) is 4.90 Å². The Kier molecular flexibility index (Phi) is 3.56. The Morgan fingerprint density at radius 2 is 2.31 bits per heavy atom. The highest BCUT2D eigenvalue weighted by Crippen LogP contribution is 2.10. The Hall–Kier alpha value is -1.36. The van der Waals surface area contributed by atoms with Crippen LogP contribution in [0.4, 0.5) is 0 Å². The van der Waals surface area contributed by atoms with Crippen molar-refractivity contribution in [1.82, 2.24) is 14.9 Å². The van der Waals surface area contributed by atoms with Gasteiger partial charge in [0.1, 0.15) is 5.82 Å². The molecule has 1 aromatic rings. The Balaban J connectivity index is 1.75. The first-order valence-electron chi connectivity index (χ1n) is 5.77. The molecule has 2 rings (SSSR count). The summed E-state index contributed by atoms with van der Waals surface area (Å²) >= 11 is 0. The maximum Gasteiger partial charge on any atom is 0.223 e. The number of nitrogens with one attached hydrogen (secondary N) is 1. The average Bonchev–Trinajstić information content (AvgIpc) is 2.80. The second kappa shape index (κ2) is 5.12. The van der Waals surface area contributed by atoms with Crippen LogP contribution in [0.3, 0.4) is 0 Å². The summed E-state index contributed by atoms with van der Waals surface area (Å²) in [6, 6.07) is 0.272. The van der Waals surface area contributed by atoms with E-state index in [9.17, 15) is 4.79 Å². The van der Waals surface area contributed by atoms with Crippen LogP contribution in [-0.2, 0) is 11.2 Å². The van der Waals surface area contributed by atoms with Crippen LogP contribution < -0.4 is 5.73 Å². The Bertz CT molecular complexity index is 328. The first-order valence-corrected chi connectivity index (χ1v) is 5.77. The zero-order valence-corrected chi connectivity index (χ0v) is 9.35. The molecule has 5 heteroatoms. The maximum atomic E-state index is 11.8. The molecule has 1 aromatic heterocycles. The smallest absolute Gasteiger partial charge is 0.223 e. The summed E-state index contributed by atoms with van der Waals surface area (Å²) in [7, 11) is 0. The molecule has 0 atom stereocenters. The molecule has 3 N–H and O–H groups in total. The molecule has 16 heavy (non-hydrogen) atoms. The summed E-state index contributed by atoms with van der Waals surface area (Å²) in [6.45, 7) is 1.61. The summed E-state index contributed by atoms with van der Waals surface area (Å²) in [4.78, 5) is 20.9. The molecular formula is C11H18N4O. The summed E-state index contributed by atoms with van der Waals surface area (Å²) in [6.07, 6.45) is 6.55. The van der Waals surface area contributed by atoms with Gasteiger partial charge in [-0.25, -0.2) is 4.98 Å². The predicted molar refractivity (Wildman–Crippen MR) is 60.7 cm³/mol. The van der Waals surface area contributed by atoms with Crippen molar-refractivity contribution in [1.29, 1.82) is 0 Å². The van der Waals surface area contributed by atoms with Gasteiger partial charge in [-0.2, -0.15) is 0 Å². The van der Waals surface area contributed by atoms with E-state index in [0.29, 0.717) is 12.8 Å². The van der Waals surface area contributed by atoms with Crippen LogP contribution >= 0.6 is 0 Å². The van der Waals surface area contributed by atoms with Crippen molar-refractivity contribution in [3.63, 3.8) is 0 Å². The van der Waals surface area contributed by atoms with Gasteiger partial charge in [0.2, 0.25) is 5.91 Å². The van der Waals surface area contributed by atoms with E-state index in [2.05, 4.69) is 9.97 Å². The molecule has 0 spiro atoms. The van der Waals surface area contributed by atoms with Crippen LogP contribution in [0.1, 0.15) is 25.1 Å². The van der Waals surface area contributed by atoms with Gasteiger partial charge < -0.3 is 15.6 Å². The third kappa shape index (κ3) is 2.82. The van der Waals surface area contributed by atoms with Gasteiger partial charge in [0.05, 0.1) is 0 Å². The van der Waals surface area contributed by atoms with E-state index < -0.39 is 0 Å². The predicted octanol–water partition coefficient (Wildman–Crippen LogP) is 0.292. The quantitative estimate of drug-likeness (QED) is 0.772. The van der Waals surface area contributed by atoms with Crippen LogP contribution in [0.15, 0.2) is 12.4 Å². The standard InChI is InChI=1S/C11H18N4O/c12-9-3-7-15(8-4-9)11(16)2-1-10-13-5-6-14-10/h5-6,9H,1-4,7-8,12H2,(H,13,14). The minimum Gasteiger partial charge on any atom is -0.349 e. The lowest BCUT2D eigenvalue weighted by atomic mass is 10.1. The molecule has 1 fully saturated rings. The molecule has 0 aliphatic carbocycles. The zero-order chi connectivity index (χ0) is 11.4. The monoisotopic (exact) mass is 222 g/mol. The van der Waals surface area contributed by atoms with Crippen molar-refractivity contribution in [3.8, 4) is 0 Å². The van der Waals surface area contributed by atoms with Crippen LogP contribution in [0.25, 0.3) is 0 Å². The van der Waals surface area contributed by atoms with E-state index in [-0.39, 0.29) is 11.9 Å². The number of rotatable bonds is 3. The van der Waals surface area contributed by atoms with E-state index >= 15 is 0 Å². The van der Waals surface area contributed by atoms with Gasteiger partial charge in [-0.3, -0.25) is 4.79 Å². The number of piperidine rings is 1. The van der Waals surface area contributed by atoms with Gasteiger partial charge in [-0.15, -0.1) is 0 Å². The number of carbonyl (C=O) groups excluding carboxylic acids is 1. The summed E-state index contributed by atoms with van der Waals surface area (Å²) in [5.74, 6) is 1.09. The summed E-state index contributed by atoms with van der Waals surface area (Å²) in [5, 5.41) is 0. The van der Waals surface area contributed by atoms with E-state index in [4.69, 9.17) is 5.73 Å². The minimum absolute atomic E-state index is 0.211. The molecule has 1 aliphatic heterocycles. The fraction of sp³-hybridized carbons (Fsp3) is 0.636. The van der Waals surface area contributed by atoms with Gasteiger partial charge in [0.15, 0.2) is 0 Å². The Morgan fingerprint density at radius 1 is 1.56 bits per heavy atom. The lowest BCUT2D eigenvalue weighted by Gasteiger charge is -2.30. The molecule has 0 aromatic carbocycles. The maximum absolute atomic E-state index is 11.8. The van der Waals surface area contributed by atoms with E-state index in [0.717, 1.165) is 31.8 Å². The molecule has 2 heterocycles. The van der Waals surface area contributed by atoms with Crippen molar-refractivity contribution in [2.24, 2.45) is 5.73 Å². The van der Waals surface area contributed by atoms with Gasteiger partial charge in [-0.1, -0.05) is 0 Å². The summed E-state index contributed by atoms with van der Waals surface area (Å²) in [5.41, 5.74) is 5.80. The number of aryl methyl sites for hydroxylation is 1. The normalized spacial score (nSPS) is 17.7. The third-order valence-corrected chi connectivity index (χ3v) is 3.02. The molecule has 5 nitrogen and oxygen atoms in total. The first-order chi connectivity index (χ1) is 7.75. The molecule has 1 saturated heterocycles. The van der Waals surface area contributed by atoms with Crippen molar-refractivity contribution < 1.29 is 4.79 Å². The second-order valence-electron chi connectivity index (χ2n) is 4.25. The van der Waals surface area contributed by atoms with Gasteiger partial charge in [0, 0.05) is 44.4 Å². The fourth-order valence-electron chi connectivity index (χ4n) is 1.97. The molecule has 0 bridgehead atoms. The lowest BCUT2D eigenvalue weighted by Crippen LogP contribution is -2.42. The number of amides is 1. The molecule has 0 saturated carbocycles. The van der Waals surface area contributed by atoms with Crippen LogP contribution in [-0.4, -0.2) is 39.9 Å². The number of carbonyl (C=O) groups is 1. The van der Waals surface area contributed by atoms with Crippen molar-refractivity contribution in [3.05, 3.63) is 18.2 Å². The highest BCUT2D eigenvalue weighted by Gasteiger charge is 2.20. The van der Waals surface area contributed by atoms with Gasteiger partial charge in [-0.05, 0) is 12.8 Å². The number of nitrogens with two attached hydrogens (primary N) is 1. The highest BCUT2D eigenvalue weighted by atomic mass is 16.2. The molecule has 1 aliphatic rings. The fourth-order valence-corrected chi connectivity index (χ4v) is 1.97. The minimum atomic E-state index is 0.211. The third-order valence-electron chi connectivity index (χ3n) is 3.02. The highest BCUT2D eigenvalue weighted by molar-refractivity contribution is 5.76. The number of aromatic amines is 1. The molecule has 0 radical (unpaired) electrons. The van der Waals surface area contributed by atoms with Crippen molar-refractivity contribution in [2.75, 3.05) is 13.1 Å². The van der Waals surface area contributed by atoms with Crippen LogP contribution in [0, 0.1) is 0 Å². The molecule has 0 unspecified atom stereocenters. The number of hydrogen-bond donors (Lipinski definition) is 2. The van der Waals surface area contributed by atoms with Gasteiger partial charge >= 0.3 is 0 Å². The van der Waals surface area contributed by atoms with E-state index in [1.54, 1.807) is 12.4 Å². The number of likely N-dealkylation sites (tertiary alicyclic amines) is 1. The van der Waals surface area contributed by atoms with Crippen LogP contribution in [0.2, 0.25) is 0 Å². The molecule has 88 valence electrons.